The fraction of sp³-hybridized carbons (Fsp3) is 0.462. The van der Waals surface area contributed by atoms with E-state index < -0.39 is 8.07 Å². The van der Waals surface area contributed by atoms with Crippen LogP contribution in [0.3, 0.4) is 0 Å². The van der Waals surface area contributed by atoms with Gasteiger partial charge < -0.3 is 4.90 Å². The third-order valence-electron chi connectivity index (χ3n) is 1.77. The highest BCUT2D eigenvalue weighted by molar-refractivity contribution is 6.83. The quantitative estimate of drug-likeness (QED) is 0.416. The Morgan fingerprint density at radius 2 is 2.06 bits per heavy atom. The van der Waals surface area contributed by atoms with Crippen molar-refractivity contribution in [3.63, 3.8) is 0 Å². The topological polar surface area (TPSA) is 20.3 Å². The number of hydrogen-bond acceptors (Lipinski definition) is 1. The lowest BCUT2D eigenvalue weighted by molar-refractivity contribution is -0.128. The lowest BCUT2D eigenvalue weighted by Crippen LogP contribution is -2.27. The van der Waals surface area contributed by atoms with Gasteiger partial charge in [-0.3, -0.25) is 4.79 Å². The van der Waals surface area contributed by atoms with Crippen molar-refractivity contribution in [2.24, 2.45) is 0 Å². The van der Waals surface area contributed by atoms with Gasteiger partial charge in [-0.2, -0.15) is 0 Å². The molecule has 0 unspecified atom stereocenters. The van der Waals surface area contributed by atoms with E-state index in [4.69, 9.17) is 0 Å². The Morgan fingerprint density at radius 3 is 2.56 bits per heavy atom. The first-order valence-electron chi connectivity index (χ1n) is 5.38. The zero-order valence-corrected chi connectivity index (χ0v) is 11.7. The Labute approximate surface area is 100 Å². The van der Waals surface area contributed by atoms with E-state index >= 15 is 0 Å². The molecular formula is C13H21NOSi. The molecule has 88 valence electrons. The molecule has 0 aliphatic carbocycles. The van der Waals surface area contributed by atoms with Crippen LogP contribution < -0.4 is 0 Å². The van der Waals surface area contributed by atoms with Crippen molar-refractivity contribution in [3.05, 3.63) is 24.8 Å². The Hall–Kier alpha value is -1.27. The standard InChI is InChI=1S/C13H21NOSi/c1-6-7-8-10-13(15)14(2)11-9-12-16(3,4)5/h6-8H,1,10-11H2,2-5H3/b8-7+. The maximum absolute atomic E-state index is 11.6. The molecule has 0 spiro atoms. The average molecular weight is 235 g/mol. The number of amides is 1. The van der Waals surface area contributed by atoms with E-state index in [1.54, 1.807) is 30.2 Å². The number of allylic oxidation sites excluding steroid dienone is 2. The highest BCUT2D eigenvalue weighted by Crippen LogP contribution is 1.97. The minimum atomic E-state index is -1.32. The maximum atomic E-state index is 11.6. The van der Waals surface area contributed by atoms with E-state index in [1.165, 1.54) is 0 Å². The van der Waals surface area contributed by atoms with Gasteiger partial charge in [-0.05, 0) is 0 Å². The molecule has 0 N–H and O–H groups in total. The van der Waals surface area contributed by atoms with Crippen LogP contribution in [0.4, 0.5) is 0 Å². The van der Waals surface area contributed by atoms with Crippen molar-refractivity contribution in [3.8, 4) is 11.5 Å². The molecule has 0 fully saturated rings. The van der Waals surface area contributed by atoms with E-state index in [2.05, 4.69) is 37.7 Å². The normalized spacial score (nSPS) is 10.8. The summed E-state index contributed by atoms with van der Waals surface area (Å²) in [7, 11) is 0.464. The van der Waals surface area contributed by atoms with Gasteiger partial charge in [-0.25, -0.2) is 0 Å². The van der Waals surface area contributed by atoms with Crippen LogP contribution in [0.5, 0.6) is 0 Å². The molecule has 1 amide bonds. The van der Waals surface area contributed by atoms with Gasteiger partial charge in [0.25, 0.3) is 0 Å². The number of nitrogens with zero attached hydrogens (tertiary/aromatic N) is 1. The van der Waals surface area contributed by atoms with Crippen molar-refractivity contribution in [2.75, 3.05) is 13.6 Å². The third kappa shape index (κ3) is 8.07. The summed E-state index contributed by atoms with van der Waals surface area (Å²) in [6.07, 6.45) is 5.66. The van der Waals surface area contributed by atoms with Crippen LogP contribution in [0.2, 0.25) is 19.6 Å². The lowest BCUT2D eigenvalue weighted by atomic mass is 10.3. The fourth-order valence-electron chi connectivity index (χ4n) is 0.932. The molecule has 0 aliphatic rings. The second-order valence-corrected chi connectivity index (χ2v) is 9.42. The summed E-state index contributed by atoms with van der Waals surface area (Å²) < 4.78 is 0. The third-order valence-corrected chi connectivity index (χ3v) is 2.70. The largest absolute Gasteiger partial charge is 0.334 e. The minimum absolute atomic E-state index is 0.0861. The summed E-state index contributed by atoms with van der Waals surface area (Å²) in [6.45, 7) is 10.6. The van der Waals surface area contributed by atoms with Gasteiger partial charge in [0.1, 0.15) is 8.07 Å². The zero-order valence-electron chi connectivity index (χ0n) is 10.7. The summed E-state index contributed by atoms with van der Waals surface area (Å²) in [5, 5.41) is 0. The molecule has 16 heavy (non-hydrogen) atoms. The van der Waals surface area contributed by atoms with Crippen molar-refractivity contribution in [2.45, 2.75) is 26.1 Å². The van der Waals surface area contributed by atoms with Crippen molar-refractivity contribution < 1.29 is 4.79 Å². The summed E-state index contributed by atoms with van der Waals surface area (Å²) in [5.74, 6) is 3.16. The molecule has 0 aliphatic heterocycles. The first-order chi connectivity index (χ1) is 7.37. The molecule has 0 aromatic carbocycles. The van der Waals surface area contributed by atoms with E-state index in [-0.39, 0.29) is 5.91 Å². The Morgan fingerprint density at radius 1 is 1.44 bits per heavy atom. The van der Waals surface area contributed by atoms with E-state index in [1.807, 2.05) is 0 Å². The van der Waals surface area contributed by atoms with Crippen LogP contribution in [-0.4, -0.2) is 32.5 Å². The van der Waals surface area contributed by atoms with Crippen LogP contribution in [0.1, 0.15) is 6.42 Å². The Kier molecular flexibility index (Phi) is 6.51. The average Bonchev–Trinajstić information content (AvgIpc) is 2.15. The zero-order chi connectivity index (χ0) is 12.6. The van der Waals surface area contributed by atoms with Crippen molar-refractivity contribution in [1.29, 1.82) is 0 Å². The molecular weight excluding hydrogens is 214 g/mol. The SMILES string of the molecule is C=C/C=C/CC(=O)N(C)CC#C[Si](C)(C)C. The predicted octanol–water partition coefficient (Wildman–Crippen LogP) is 2.46. The lowest BCUT2D eigenvalue weighted by Gasteiger charge is -2.12. The summed E-state index contributed by atoms with van der Waals surface area (Å²) >= 11 is 0. The van der Waals surface area contributed by atoms with Crippen LogP contribution in [-0.2, 0) is 4.79 Å². The molecule has 0 aromatic heterocycles. The van der Waals surface area contributed by atoms with Crippen molar-refractivity contribution >= 4 is 14.0 Å². The smallest absolute Gasteiger partial charge is 0.226 e. The van der Waals surface area contributed by atoms with Gasteiger partial charge in [0.15, 0.2) is 0 Å². The van der Waals surface area contributed by atoms with Crippen LogP contribution in [0.15, 0.2) is 24.8 Å². The van der Waals surface area contributed by atoms with Gasteiger partial charge in [0.2, 0.25) is 5.91 Å². The number of rotatable bonds is 4. The summed E-state index contributed by atoms with van der Waals surface area (Å²) in [6, 6.07) is 0. The highest BCUT2D eigenvalue weighted by Gasteiger charge is 2.08. The van der Waals surface area contributed by atoms with Gasteiger partial charge >= 0.3 is 0 Å². The molecule has 0 saturated carbocycles. The first kappa shape index (κ1) is 14.7. The van der Waals surface area contributed by atoms with Crippen LogP contribution >= 0.6 is 0 Å². The van der Waals surface area contributed by atoms with Gasteiger partial charge in [-0.1, -0.05) is 50.4 Å². The second-order valence-electron chi connectivity index (χ2n) is 4.67. The molecule has 0 atom stereocenters. The molecule has 0 saturated heterocycles. The van der Waals surface area contributed by atoms with E-state index in [9.17, 15) is 4.79 Å². The van der Waals surface area contributed by atoms with Crippen LogP contribution in [0, 0.1) is 11.5 Å². The number of carbonyl (C=O) groups excluding carboxylic acids is 1. The summed E-state index contributed by atoms with van der Waals surface area (Å²) in [5.41, 5.74) is 3.24. The fourth-order valence-corrected chi connectivity index (χ4v) is 1.54. The molecule has 0 radical (unpaired) electrons. The maximum Gasteiger partial charge on any atom is 0.226 e. The van der Waals surface area contributed by atoms with Crippen molar-refractivity contribution in [1.82, 2.24) is 4.90 Å². The van der Waals surface area contributed by atoms with Gasteiger partial charge in [-0.15, -0.1) is 5.54 Å². The Bertz CT molecular complexity index is 328. The van der Waals surface area contributed by atoms with Gasteiger partial charge in [0, 0.05) is 13.5 Å². The highest BCUT2D eigenvalue weighted by atomic mass is 28.3. The Balaban J connectivity index is 4.10. The van der Waals surface area contributed by atoms with Crippen LogP contribution in [0.25, 0.3) is 0 Å². The molecule has 3 heteroatoms. The number of carbonyl (C=O) groups is 1. The molecule has 2 nitrogen and oxygen atoms in total. The summed E-state index contributed by atoms with van der Waals surface area (Å²) in [4.78, 5) is 13.2. The predicted molar refractivity (Wildman–Crippen MR) is 72.7 cm³/mol. The molecule has 0 heterocycles. The van der Waals surface area contributed by atoms with Gasteiger partial charge in [0.05, 0.1) is 6.54 Å². The first-order valence-corrected chi connectivity index (χ1v) is 8.88. The molecule has 0 bridgehead atoms. The monoisotopic (exact) mass is 235 g/mol. The van der Waals surface area contributed by atoms with E-state index in [0.717, 1.165) is 0 Å². The molecule has 0 aromatic rings. The van der Waals surface area contributed by atoms with E-state index in [0.29, 0.717) is 13.0 Å². The number of hydrogen-bond donors (Lipinski definition) is 0. The minimum Gasteiger partial charge on any atom is -0.334 e. The molecule has 0 rings (SSSR count). The second kappa shape index (κ2) is 7.08.